The minimum absolute atomic E-state index is 0.0978. The zero-order valence-electron chi connectivity index (χ0n) is 10.1. The number of benzene rings is 1. The number of hydrogen-bond acceptors (Lipinski definition) is 4. The van der Waals surface area contributed by atoms with Crippen LogP contribution < -0.4 is 4.72 Å². The molecule has 0 aliphatic carbocycles. The zero-order valence-corrected chi connectivity index (χ0v) is 10.9. The summed E-state index contributed by atoms with van der Waals surface area (Å²) in [6.07, 6.45) is -7.56. The van der Waals surface area contributed by atoms with Gasteiger partial charge in [0.1, 0.15) is 0 Å². The molecule has 2 N–H and O–H groups in total. The van der Waals surface area contributed by atoms with Crippen LogP contribution in [0.25, 0.3) is 0 Å². The molecule has 110 valence electrons. The second-order valence-corrected chi connectivity index (χ2v) is 5.66. The molecule has 0 aliphatic rings. The van der Waals surface area contributed by atoms with E-state index in [2.05, 4.69) is 0 Å². The van der Waals surface area contributed by atoms with Crippen molar-refractivity contribution in [3.05, 3.63) is 29.8 Å². The van der Waals surface area contributed by atoms with Gasteiger partial charge in [-0.1, -0.05) is 12.1 Å². The molecule has 1 rings (SSSR count). The summed E-state index contributed by atoms with van der Waals surface area (Å²) in [5.41, 5.74) is 0.585. The SMILES string of the molecule is N#CCc1ccc(S(=O)(=O)NCC(O)C(F)(F)F)cc1. The molecule has 20 heavy (non-hydrogen) atoms. The summed E-state index contributed by atoms with van der Waals surface area (Å²) in [6.45, 7) is -1.16. The van der Waals surface area contributed by atoms with Gasteiger partial charge in [0.15, 0.2) is 6.10 Å². The molecular formula is C11H11F3N2O3S. The molecule has 5 nitrogen and oxygen atoms in total. The summed E-state index contributed by atoms with van der Waals surface area (Å²) in [6, 6.07) is 7.00. The van der Waals surface area contributed by atoms with Gasteiger partial charge in [-0.15, -0.1) is 0 Å². The fourth-order valence-corrected chi connectivity index (χ4v) is 2.30. The lowest BCUT2D eigenvalue weighted by atomic mass is 10.2. The van der Waals surface area contributed by atoms with Gasteiger partial charge in [0.2, 0.25) is 10.0 Å². The van der Waals surface area contributed by atoms with Crippen LogP contribution in [0.2, 0.25) is 0 Å². The maximum Gasteiger partial charge on any atom is 0.415 e. The van der Waals surface area contributed by atoms with Crippen LogP contribution in [0.5, 0.6) is 0 Å². The van der Waals surface area contributed by atoms with E-state index in [-0.39, 0.29) is 11.3 Å². The maximum atomic E-state index is 12.0. The van der Waals surface area contributed by atoms with Crippen LogP contribution >= 0.6 is 0 Å². The molecule has 0 radical (unpaired) electrons. The first-order valence-electron chi connectivity index (χ1n) is 5.37. The van der Waals surface area contributed by atoms with E-state index in [0.29, 0.717) is 5.56 Å². The number of aliphatic hydroxyl groups is 1. The minimum Gasteiger partial charge on any atom is -0.382 e. The molecule has 1 atom stereocenters. The fourth-order valence-electron chi connectivity index (χ4n) is 1.27. The van der Waals surface area contributed by atoms with Crippen LogP contribution in [0.4, 0.5) is 13.2 Å². The largest absolute Gasteiger partial charge is 0.415 e. The van der Waals surface area contributed by atoms with Gasteiger partial charge in [-0.3, -0.25) is 0 Å². The van der Waals surface area contributed by atoms with E-state index in [4.69, 9.17) is 10.4 Å². The standard InChI is InChI=1S/C11H11F3N2O3S/c12-11(13,14)10(17)7-16-20(18,19)9-3-1-8(2-4-9)5-6-15/h1-4,10,16-17H,5,7H2. The highest BCUT2D eigenvalue weighted by molar-refractivity contribution is 7.89. The number of sulfonamides is 1. The van der Waals surface area contributed by atoms with E-state index in [1.807, 2.05) is 6.07 Å². The smallest absolute Gasteiger partial charge is 0.382 e. The van der Waals surface area contributed by atoms with Gasteiger partial charge in [-0.05, 0) is 17.7 Å². The van der Waals surface area contributed by atoms with Crippen LogP contribution in [0.1, 0.15) is 5.56 Å². The lowest BCUT2D eigenvalue weighted by molar-refractivity contribution is -0.200. The molecule has 0 aliphatic heterocycles. The summed E-state index contributed by atoms with van der Waals surface area (Å²) in [5, 5.41) is 17.2. The van der Waals surface area contributed by atoms with Crippen LogP contribution in [0, 0.1) is 11.3 Å². The monoisotopic (exact) mass is 308 g/mol. The Morgan fingerprint density at radius 1 is 1.30 bits per heavy atom. The Morgan fingerprint density at radius 3 is 2.30 bits per heavy atom. The molecule has 0 saturated heterocycles. The van der Waals surface area contributed by atoms with Crippen LogP contribution in [0.3, 0.4) is 0 Å². The van der Waals surface area contributed by atoms with E-state index in [1.54, 1.807) is 4.72 Å². The zero-order chi connectivity index (χ0) is 15.4. The first-order valence-corrected chi connectivity index (χ1v) is 6.85. The summed E-state index contributed by atoms with van der Waals surface area (Å²) in [4.78, 5) is -0.242. The Labute approximate surface area is 113 Å². The van der Waals surface area contributed by atoms with Gasteiger partial charge in [0, 0.05) is 6.54 Å². The molecule has 0 heterocycles. The molecule has 0 amide bonds. The molecule has 0 spiro atoms. The molecule has 1 aromatic carbocycles. The number of alkyl halides is 3. The number of nitrogens with one attached hydrogen (secondary N) is 1. The molecule has 1 unspecified atom stereocenters. The van der Waals surface area contributed by atoms with Gasteiger partial charge in [-0.25, -0.2) is 13.1 Å². The van der Waals surface area contributed by atoms with Crippen molar-refractivity contribution in [2.75, 3.05) is 6.54 Å². The summed E-state index contributed by atoms with van der Waals surface area (Å²) < 4.78 is 61.2. The quantitative estimate of drug-likeness (QED) is 0.847. The highest BCUT2D eigenvalue weighted by atomic mass is 32.2. The molecule has 0 bridgehead atoms. The normalized spacial score (nSPS) is 13.8. The van der Waals surface area contributed by atoms with Gasteiger partial charge >= 0.3 is 6.18 Å². The molecular weight excluding hydrogens is 297 g/mol. The molecule has 0 aromatic heterocycles. The molecule has 9 heteroatoms. The number of nitriles is 1. The molecule has 0 fully saturated rings. The third-order valence-corrected chi connectivity index (χ3v) is 3.80. The summed E-state index contributed by atoms with van der Waals surface area (Å²) in [7, 11) is -4.14. The van der Waals surface area contributed by atoms with Gasteiger partial charge in [0.05, 0.1) is 17.4 Å². The lowest BCUT2D eigenvalue weighted by Crippen LogP contribution is -2.40. The number of hydrogen-bond donors (Lipinski definition) is 2. The average molecular weight is 308 g/mol. The van der Waals surface area contributed by atoms with Crippen molar-refractivity contribution in [2.24, 2.45) is 0 Å². The van der Waals surface area contributed by atoms with Gasteiger partial charge in [0.25, 0.3) is 0 Å². The van der Waals surface area contributed by atoms with Gasteiger partial charge in [-0.2, -0.15) is 18.4 Å². The Kier molecular flexibility index (Phi) is 5.10. The fraction of sp³-hybridized carbons (Fsp3) is 0.364. The summed E-state index contributed by atoms with van der Waals surface area (Å²) >= 11 is 0. The Hall–Kier alpha value is -1.63. The van der Waals surface area contributed by atoms with Gasteiger partial charge < -0.3 is 5.11 Å². The van der Waals surface area contributed by atoms with E-state index < -0.39 is 28.8 Å². The van der Waals surface area contributed by atoms with Crippen molar-refractivity contribution in [3.8, 4) is 6.07 Å². The van der Waals surface area contributed by atoms with Crippen molar-refractivity contribution in [1.82, 2.24) is 4.72 Å². The first-order chi connectivity index (χ1) is 9.16. The predicted octanol–water partition coefficient (Wildman–Crippen LogP) is 0.954. The average Bonchev–Trinajstić information content (AvgIpc) is 2.36. The topological polar surface area (TPSA) is 90.2 Å². The highest BCUT2D eigenvalue weighted by Crippen LogP contribution is 2.20. The van der Waals surface area contributed by atoms with E-state index in [0.717, 1.165) is 0 Å². The lowest BCUT2D eigenvalue weighted by Gasteiger charge is -2.15. The van der Waals surface area contributed by atoms with Crippen LogP contribution in [0.15, 0.2) is 29.2 Å². The predicted molar refractivity (Wildman–Crippen MR) is 63.0 cm³/mol. The number of halogens is 3. The molecule has 1 aromatic rings. The highest BCUT2D eigenvalue weighted by Gasteiger charge is 2.38. The van der Waals surface area contributed by atoms with Crippen molar-refractivity contribution < 1.29 is 26.7 Å². The van der Waals surface area contributed by atoms with E-state index >= 15 is 0 Å². The van der Waals surface area contributed by atoms with Crippen molar-refractivity contribution >= 4 is 10.0 Å². The Balaban J connectivity index is 2.77. The maximum absolute atomic E-state index is 12.0. The Morgan fingerprint density at radius 2 is 1.85 bits per heavy atom. The van der Waals surface area contributed by atoms with E-state index in [1.165, 1.54) is 24.3 Å². The third-order valence-electron chi connectivity index (χ3n) is 2.36. The third kappa shape index (κ3) is 4.48. The number of rotatable bonds is 5. The van der Waals surface area contributed by atoms with Crippen molar-refractivity contribution in [2.45, 2.75) is 23.6 Å². The number of aliphatic hydroxyl groups excluding tert-OH is 1. The van der Waals surface area contributed by atoms with Crippen molar-refractivity contribution in [1.29, 1.82) is 5.26 Å². The second-order valence-electron chi connectivity index (χ2n) is 3.89. The minimum atomic E-state index is -4.89. The van der Waals surface area contributed by atoms with Crippen molar-refractivity contribution in [3.63, 3.8) is 0 Å². The van der Waals surface area contributed by atoms with Crippen LogP contribution in [-0.4, -0.2) is 32.3 Å². The number of nitrogens with zero attached hydrogens (tertiary/aromatic N) is 1. The van der Waals surface area contributed by atoms with E-state index in [9.17, 15) is 21.6 Å². The first kappa shape index (κ1) is 16.4. The summed E-state index contributed by atoms with van der Waals surface area (Å²) in [5.74, 6) is 0. The Bertz CT molecular complexity index is 591. The molecule has 0 saturated carbocycles. The second kappa shape index (κ2) is 6.21. The van der Waals surface area contributed by atoms with Crippen LogP contribution in [-0.2, 0) is 16.4 Å².